The Bertz CT molecular complexity index is 371. The van der Waals surface area contributed by atoms with Crippen LogP contribution in [0.3, 0.4) is 0 Å². The monoisotopic (exact) mass is 263 g/mol. The second-order valence-electron chi connectivity index (χ2n) is 5.09. The van der Waals surface area contributed by atoms with E-state index in [0.717, 1.165) is 31.9 Å². The van der Waals surface area contributed by atoms with Gasteiger partial charge in [0.15, 0.2) is 0 Å². The van der Waals surface area contributed by atoms with Gasteiger partial charge in [0, 0.05) is 38.8 Å². The number of hydrogen-bond acceptors (Lipinski definition) is 4. The van der Waals surface area contributed by atoms with E-state index in [1.165, 1.54) is 5.56 Å². The Kier molecular flexibility index (Phi) is 5.19. The van der Waals surface area contributed by atoms with E-state index in [9.17, 15) is 0 Å². The molecule has 19 heavy (non-hydrogen) atoms. The number of nitrogens with two attached hydrogens (primary N) is 1. The minimum Gasteiger partial charge on any atom is -0.494 e. The van der Waals surface area contributed by atoms with Gasteiger partial charge in [0.25, 0.3) is 0 Å². The molecule has 0 aromatic heterocycles. The normalized spacial score (nSPS) is 19.3. The molecule has 0 saturated carbocycles. The van der Waals surface area contributed by atoms with E-state index in [1.54, 1.807) is 0 Å². The zero-order chi connectivity index (χ0) is 13.7. The van der Waals surface area contributed by atoms with Gasteiger partial charge in [0.05, 0.1) is 6.61 Å². The molecule has 1 heterocycles. The maximum absolute atomic E-state index is 5.98. The first-order chi connectivity index (χ1) is 9.24. The second kappa shape index (κ2) is 6.89. The minimum absolute atomic E-state index is 0.323. The molecule has 1 aromatic rings. The number of benzene rings is 1. The zero-order valence-electron chi connectivity index (χ0n) is 12.0. The lowest BCUT2D eigenvalue weighted by Crippen LogP contribution is -2.47. The van der Waals surface area contributed by atoms with Crippen LogP contribution >= 0.6 is 0 Å². The van der Waals surface area contributed by atoms with Gasteiger partial charge in [0.2, 0.25) is 0 Å². The highest BCUT2D eigenvalue weighted by molar-refractivity contribution is 5.29. The molecule has 0 radical (unpaired) electrons. The standard InChI is InChI=1S/C15H25N3O/c1-3-19-14-6-4-13(5-7-14)15(12-16)18-10-8-17(2)9-11-18/h4-7,15H,3,8-12,16H2,1-2H3. The van der Waals surface area contributed by atoms with E-state index < -0.39 is 0 Å². The molecule has 1 aromatic carbocycles. The molecule has 1 unspecified atom stereocenters. The predicted octanol–water partition coefficient (Wildman–Crippen LogP) is 1.33. The summed E-state index contributed by atoms with van der Waals surface area (Å²) in [7, 11) is 2.17. The Morgan fingerprint density at radius 3 is 2.32 bits per heavy atom. The van der Waals surface area contributed by atoms with Crippen LogP contribution in [0.4, 0.5) is 0 Å². The topological polar surface area (TPSA) is 41.7 Å². The second-order valence-corrected chi connectivity index (χ2v) is 5.09. The number of nitrogens with zero attached hydrogens (tertiary/aromatic N) is 2. The quantitative estimate of drug-likeness (QED) is 0.870. The van der Waals surface area contributed by atoms with Gasteiger partial charge in [-0.25, -0.2) is 0 Å². The number of hydrogen-bond donors (Lipinski definition) is 1. The Morgan fingerprint density at radius 1 is 1.16 bits per heavy atom. The van der Waals surface area contributed by atoms with Gasteiger partial charge in [-0.1, -0.05) is 12.1 Å². The minimum atomic E-state index is 0.323. The van der Waals surface area contributed by atoms with Crippen LogP contribution in [0, 0.1) is 0 Å². The van der Waals surface area contributed by atoms with Crippen LogP contribution in [0.5, 0.6) is 5.75 Å². The lowest BCUT2D eigenvalue weighted by atomic mass is 10.0. The van der Waals surface area contributed by atoms with Crippen LogP contribution < -0.4 is 10.5 Å². The average molecular weight is 263 g/mol. The molecular weight excluding hydrogens is 238 g/mol. The van der Waals surface area contributed by atoms with E-state index in [0.29, 0.717) is 19.2 Å². The first-order valence-electron chi connectivity index (χ1n) is 7.10. The first-order valence-corrected chi connectivity index (χ1v) is 7.10. The van der Waals surface area contributed by atoms with Crippen molar-refractivity contribution in [3.8, 4) is 5.75 Å². The van der Waals surface area contributed by atoms with Crippen LogP contribution in [0.2, 0.25) is 0 Å². The van der Waals surface area contributed by atoms with Crippen molar-refractivity contribution in [2.45, 2.75) is 13.0 Å². The lowest BCUT2D eigenvalue weighted by Gasteiger charge is -2.37. The van der Waals surface area contributed by atoms with Gasteiger partial charge < -0.3 is 15.4 Å². The van der Waals surface area contributed by atoms with Crippen molar-refractivity contribution in [2.75, 3.05) is 46.4 Å². The molecule has 1 saturated heterocycles. The summed E-state index contributed by atoms with van der Waals surface area (Å²) in [6.45, 7) is 7.79. The van der Waals surface area contributed by atoms with Crippen LogP contribution in [0.25, 0.3) is 0 Å². The molecule has 0 aliphatic carbocycles. The van der Waals surface area contributed by atoms with Gasteiger partial charge >= 0.3 is 0 Å². The molecule has 106 valence electrons. The molecule has 4 heteroatoms. The number of ether oxygens (including phenoxy) is 1. The van der Waals surface area contributed by atoms with Crippen LogP contribution in [0.1, 0.15) is 18.5 Å². The maximum Gasteiger partial charge on any atom is 0.119 e. The SMILES string of the molecule is CCOc1ccc(C(CN)N2CCN(C)CC2)cc1. The van der Waals surface area contributed by atoms with Crippen molar-refractivity contribution >= 4 is 0 Å². The summed E-state index contributed by atoms with van der Waals surface area (Å²) in [6.07, 6.45) is 0. The summed E-state index contributed by atoms with van der Waals surface area (Å²) in [6, 6.07) is 8.68. The fourth-order valence-electron chi connectivity index (χ4n) is 2.58. The summed E-state index contributed by atoms with van der Waals surface area (Å²) < 4.78 is 5.48. The first kappa shape index (κ1) is 14.3. The van der Waals surface area contributed by atoms with Crippen molar-refractivity contribution in [2.24, 2.45) is 5.73 Å². The third-order valence-corrected chi connectivity index (χ3v) is 3.78. The number of likely N-dealkylation sites (N-methyl/N-ethyl adjacent to an activating group) is 1. The fourth-order valence-corrected chi connectivity index (χ4v) is 2.58. The van der Waals surface area contributed by atoms with E-state index in [-0.39, 0.29) is 0 Å². The van der Waals surface area contributed by atoms with E-state index in [2.05, 4.69) is 29.0 Å². The van der Waals surface area contributed by atoms with Crippen LogP contribution in [-0.4, -0.2) is 56.2 Å². The van der Waals surface area contributed by atoms with Crippen molar-refractivity contribution in [3.05, 3.63) is 29.8 Å². The number of rotatable bonds is 5. The molecule has 1 aliphatic rings. The third-order valence-electron chi connectivity index (χ3n) is 3.78. The maximum atomic E-state index is 5.98. The zero-order valence-corrected chi connectivity index (χ0v) is 12.0. The van der Waals surface area contributed by atoms with Crippen LogP contribution in [-0.2, 0) is 0 Å². The van der Waals surface area contributed by atoms with Crippen molar-refractivity contribution < 1.29 is 4.74 Å². The van der Waals surface area contributed by atoms with Gasteiger partial charge in [-0.05, 0) is 31.7 Å². The van der Waals surface area contributed by atoms with Gasteiger partial charge in [-0.2, -0.15) is 0 Å². The highest BCUT2D eigenvalue weighted by Crippen LogP contribution is 2.23. The lowest BCUT2D eigenvalue weighted by molar-refractivity contribution is 0.114. The predicted molar refractivity (Wildman–Crippen MR) is 78.5 cm³/mol. The Balaban J connectivity index is 2.04. The van der Waals surface area contributed by atoms with E-state index >= 15 is 0 Å². The highest BCUT2D eigenvalue weighted by Gasteiger charge is 2.22. The van der Waals surface area contributed by atoms with Gasteiger partial charge in [-0.3, -0.25) is 4.90 Å². The summed E-state index contributed by atoms with van der Waals surface area (Å²) in [5.74, 6) is 0.931. The third kappa shape index (κ3) is 3.69. The molecule has 2 rings (SSSR count). The Morgan fingerprint density at radius 2 is 1.79 bits per heavy atom. The molecule has 0 bridgehead atoms. The molecule has 1 aliphatic heterocycles. The summed E-state index contributed by atoms with van der Waals surface area (Å²) in [5.41, 5.74) is 7.27. The Labute approximate surface area is 116 Å². The van der Waals surface area contributed by atoms with Crippen molar-refractivity contribution in [3.63, 3.8) is 0 Å². The summed E-state index contributed by atoms with van der Waals surface area (Å²) >= 11 is 0. The Hall–Kier alpha value is -1.10. The molecule has 0 spiro atoms. The molecule has 0 amide bonds. The summed E-state index contributed by atoms with van der Waals surface area (Å²) in [4.78, 5) is 4.85. The molecular formula is C15H25N3O. The van der Waals surface area contributed by atoms with Gasteiger partial charge in [-0.15, -0.1) is 0 Å². The summed E-state index contributed by atoms with van der Waals surface area (Å²) in [5, 5.41) is 0. The number of piperazine rings is 1. The highest BCUT2D eigenvalue weighted by atomic mass is 16.5. The largest absolute Gasteiger partial charge is 0.494 e. The van der Waals surface area contributed by atoms with Gasteiger partial charge in [0.1, 0.15) is 5.75 Å². The molecule has 2 N–H and O–H groups in total. The van der Waals surface area contributed by atoms with Crippen molar-refractivity contribution in [1.82, 2.24) is 9.80 Å². The molecule has 1 fully saturated rings. The molecule has 4 nitrogen and oxygen atoms in total. The van der Waals surface area contributed by atoms with Crippen molar-refractivity contribution in [1.29, 1.82) is 0 Å². The van der Waals surface area contributed by atoms with E-state index in [1.807, 2.05) is 19.1 Å². The fraction of sp³-hybridized carbons (Fsp3) is 0.600. The molecule has 1 atom stereocenters. The average Bonchev–Trinajstić information content (AvgIpc) is 2.44. The van der Waals surface area contributed by atoms with E-state index in [4.69, 9.17) is 10.5 Å². The van der Waals surface area contributed by atoms with Crippen LogP contribution in [0.15, 0.2) is 24.3 Å². The smallest absolute Gasteiger partial charge is 0.119 e.